The Bertz CT molecular complexity index is 453. The van der Waals surface area contributed by atoms with Crippen LogP contribution < -0.4 is 5.73 Å². The molecule has 0 aromatic heterocycles. The van der Waals surface area contributed by atoms with E-state index < -0.39 is 12.0 Å². The molecule has 0 fully saturated rings. The van der Waals surface area contributed by atoms with Crippen LogP contribution in [-0.4, -0.2) is 17.1 Å². The number of thiol groups is 1. The monoisotopic (exact) mass is 249 g/mol. The molecule has 1 aromatic rings. The van der Waals surface area contributed by atoms with E-state index in [2.05, 4.69) is 35.1 Å². The van der Waals surface area contributed by atoms with E-state index in [0.29, 0.717) is 6.42 Å². The third-order valence-electron chi connectivity index (χ3n) is 2.61. The molecule has 2 rings (SSSR count). The number of carbonyl (C=O) groups is 1. The molecule has 3 N–H and O–H groups in total. The van der Waals surface area contributed by atoms with Gasteiger partial charge in [0.25, 0.3) is 0 Å². The van der Waals surface area contributed by atoms with Crippen LogP contribution in [0.3, 0.4) is 0 Å². The van der Waals surface area contributed by atoms with Gasteiger partial charge in [0.1, 0.15) is 6.04 Å². The van der Waals surface area contributed by atoms with Crippen LogP contribution in [0.4, 0.5) is 0 Å². The molecule has 0 radical (unpaired) electrons. The van der Waals surface area contributed by atoms with Crippen molar-refractivity contribution in [2.75, 3.05) is 0 Å². The second kappa shape index (κ2) is 5.21. The van der Waals surface area contributed by atoms with Gasteiger partial charge < -0.3 is 10.8 Å². The van der Waals surface area contributed by atoms with Gasteiger partial charge in [0, 0.05) is 0 Å². The molecule has 1 atom stereocenters. The van der Waals surface area contributed by atoms with E-state index >= 15 is 0 Å². The topological polar surface area (TPSA) is 63.3 Å². The smallest absolute Gasteiger partial charge is 0.320 e. The Morgan fingerprint density at radius 1 is 1.24 bits per heavy atom. The van der Waals surface area contributed by atoms with Crippen molar-refractivity contribution in [2.45, 2.75) is 17.4 Å². The number of allylic oxidation sites excluding steroid dienone is 2. The molecule has 0 saturated heterocycles. The number of benzene rings is 1. The SMILES string of the molecule is N[C@@H](Cc1ccc([SH]2C=CC=C2)cc1)C(=O)O. The predicted molar refractivity (Wildman–Crippen MR) is 71.3 cm³/mol. The number of hydrogen-bond donors (Lipinski definition) is 3. The average Bonchev–Trinajstić information content (AvgIpc) is 2.83. The van der Waals surface area contributed by atoms with Crippen LogP contribution in [0.25, 0.3) is 0 Å². The molecule has 90 valence electrons. The van der Waals surface area contributed by atoms with Gasteiger partial charge in [-0.15, -0.1) is 0 Å². The van der Waals surface area contributed by atoms with E-state index in [-0.39, 0.29) is 10.9 Å². The molecule has 0 amide bonds. The molecule has 0 bridgehead atoms. The van der Waals surface area contributed by atoms with Crippen molar-refractivity contribution >= 4 is 16.9 Å². The number of nitrogens with two attached hydrogens (primary N) is 1. The minimum absolute atomic E-state index is 0.294. The highest BCUT2D eigenvalue weighted by Gasteiger charge is 2.12. The Morgan fingerprint density at radius 3 is 2.35 bits per heavy atom. The Morgan fingerprint density at radius 2 is 1.82 bits per heavy atom. The zero-order chi connectivity index (χ0) is 12.3. The molecule has 1 heterocycles. The second-order valence-electron chi connectivity index (χ2n) is 3.91. The summed E-state index contributed by atoms with van der Waals surface area (Å²) in [4.78, 5) is 11.9. The first-order valence-corrected chi connectivity index (χ1v) is 6.85. The highest BCUT2D eigenvalue weighted by atomic mass is 32.2. The van der Waals surface area contributed by atoms with Gasteiger partial charge in [-0.2, -0.15) is 10.9 Å². The summed E-state index contributed by atoms with van der Waals surface area (Å²) in [6.07, 6.45) is 4.49. The van der Waals surface area contributed by atoms with E-state index in [9.17, 15) is 4.79 Å². The van der Waals surface area contributed by atoms with Gasteiger partial charge in [0.2, 0.25) is 0 Å². The summed E-state index contributed by atoms with van der Waals surface area (Å²) in [5.41, 5.74) is 6.45. The molecule has 0 unspecified atom stereocenters. The van der Waals surface area contributed by atoms with Crippen LogP contribution in [-0.2, 0) is 11.2 Å². The maximum atomic E-state index is 10.6. The maximum absolute atomic E-state index is 10.6. The van der Waals surface area contributed by atoms with Gasteiger partial charge >= 0.3 is 5.97 Å². The lowest BCUT2D eigenvalue weighted by molar-refractivity contribution is -0.138. The second-order valence-corrected chi connectivity index (χ2v) is 5.83. The Hall–Kier alpha value is -1.52. The largest absolute Gasteiger partial charge is 0.480 e. The lowest BCUT2D eigenvalue weighted by atomic mass is 10.1. The van der Waals surface area contributed by atoms with E-state index in [1.165, 1.54) is 4.90 Å². The summed E-state index contributed by atoms with van der Waals surface area (Å²) in [5, 5.41) is 13.1. The third-order valence-corrected chi connectivity index (χ3v) is 4.49. The molecular weight excluding hydrogens is 234 g/mol. The van der Waals surface area contributed by atoms with Gasteiger partial charge in [-0.25, -0.2) is 0 Å². The Labute approximate surface area is 103 Å². The van der Waals surface area contributed by atoms with E-state index in [1.807, 2.05) is 12.1 Å². The maximum Gasteiger partial charge on any atom is 0.320 e. The van der Waals surface area contributed by atoms with Crippen LogP contribution >= 0.6 is 10.9 Å². The van der Waals surface area contributed by atoms with E-state index in [0.717, 1.165) is 5.56 Å². The lowest BCUT2D eigenvalue weighted by Crippen LogP contribution is -2.32. The molecule has 0 saturated carbocycles. The summed E-state index contributed by atoms with van der Waals surface area (Å²) >= 11 is 0. The first-order chi connectivity index (χ1) is 8.16. The van der Waals surface area contributed by atoms with Crippen molar-refractivity contribution in [3.05, 3.63) is 52.8 Å². The Balaban J connectivity index is 2.05. The number of aliphatic carboxylic acids is 1. The minimum atomic E-state index is -0.958. The minimum Gasteiger partial charge on any atom is -0.480 e. The zero-order valence-electron chi connectivity index (χ0n) is 9.28. The molecule has 0 spiro atoms. The molecule has 17 heavy (non-hydrogen) atoms. The standard InChI is InChI=1S/C13H15NO2S/c14-12(13(15)16)9-10-3-5-11(6-4-10)17-7-1-2-8-17/h1-8,12,17H,9,14H2,(H,15,16)/t12-/m0/s1. The van der Waals surface area contributed by atoms with Crippen molar-refractivity contribution in [3.63, 3.8) is 0 Å². The van der Waals surface area contributed by atoms with Crippen LogP contribution in [0, 0.1) is 0 Å². The van der Waals surface area contributed by atoms with E-state index in [4.69, 9.17) is 10.8 Å². The number of rotatable bonds is 4. The average molecular weight is 249 g/mol. The summed E-state index contributed by atoms with van der Waals surface area (Å²) < 4.78 is 0. The number of carboxylic acid groups (broad SMARTS) is 1. The lowest BCUT2D eigenvalue weighted by Gasteiger charge is -2.12. The first kappa shape index (κ1) is 12.0. The highest BCUT2D eigenvalue weighted by molar-refractivity contribution is 8.22. The molecule has 1 aliphatic rings. The van der Waals surface area contributed by atoms with Crippen LogP contribution in [0.2, 0.25) is 0 Å². The summed E-state index contributed by atoms with van der Waals surface area (Å²) in [5.74, 6) is -0.958. The molecule has 4 heteroatoms. The van der Waals surface area contributed by atoms with Gasteiger partial charge in [0.05, 0.1) is 0 Å². The predicted octanol–water partition coefficient (Wildman–Crippen LogP) is 2.04. The van der Waals surface area contributed by atoms with Crippen LogP contribution in [0.5, 0.6) is 0 Å². The van der Waals surface area contributed by atoms with E-state index in [1.54, 1.807) is 0 Å². The highest BCUT2D eigenvalue weighted by Crippen LogP contribution is 2.41. The fourth-order valence-electron chi connectivity index (χ4n) is 1.65. The van der Waals surface area contributed by atoms with Gasteiger partial charge in [-0.3, -0.25) is 4.79 Å². The molecule has 3 nitrogen and oxygen atoms in total. The number of hydrogen-bond acceptors (Lipinski definition) is 2. The normalized spacial score (nSPS) is 17.4. The number of carboxylic acids is 1. The van der Waals surface area contributed by atoms with Crippen molar-refractivity contribution in [2.24, 2.45) is 5.73 Å². The van der Waals surface area contributed by atoms with Crippen LogP contribution in [0.1, 0.15) is 5.56 Å². The van der Waals surface area contributed by atoms with Crippen molar-refractivity contribution in [3.8, 4) is 0 Å². The van der Waals surface area contributed by atoms with Gasteiger partial charge in [0.15, 0.2) is 0 Å². The fraction of sp³-hybridized carbons (Fsp3) is 0.154. The summed E-state index contributed by atoms with van der Waals surface area (Å²) in [7, 11) is -0.294. The molecule has 0 aliphatic carbocycles. The molecule has 1 aliphatic heterocycles. The third kappa shape index (κ3) is 2.99. The molecule has 1 aromatic carbocycles. The zero-order valence-corrected chi connectivity index (χ0v) is 10.2. The molecular formula is C13H15NO2S. The fourth-order valence-corrected chi connectivity index (χ4v) is 3.16. The Kier molecular flexibility index (Phi) is 3.66. The van der Waals surface area contributed by atoms with Gasteiger partial charge in [-0.1, -0.05) is 24.3 Å². The van der Waals surface area contributed by atoms with Gasteiger partial charge in [-0.05, 0) is 39.8 Å². The summed E-state index contributed by atoms with van der Waals surface area (Å²) in [6, 6.07) is 7.20. The quantitative estimate of drug-likeness (QED) is 0.716. The first-order valence-electron chi connectivity index (χ1n) is 5.37. The summed E-state index contributed by atoms with van der Waals surface area (Å²) in [6.45, 7) is 0. The van der Waals surface area contributed by atoms with Crippen molar-refractivity contribution in [1.29, 1.82) is 0 Å². The van der Waals surface area contributed by atoms with Crippen molar-refractivity contribution < 1.29 is 9.90 Å². The van der Waals surface area contributed by atoms with Crippen molar-refractivity contribution in [1.82, 2.24) is 0 Å². The van der Waals surface area contributed by atoms with Crippen LogP contribution in [0.15, 0.2) is 52.1 Å².